The van der Waals surface area contributed by atoms with Crippen LogP contribution >= 0.6 is 31.9 Å². The highest BCUT2D eigenvalue weighted by molar-refractivity contribution is 9.10. The Balaban J connectivity index is 1.27. The lowest BCUT2D eigenvalue weighted by atomic mass is 9.91. The number of fused-ring (bicyclic) bond motifs is 6. The SMILES string of the molecule is O=C1c2ccccc2NC2(C(=O)Nc3ccc(Br)cc32)N1CCN1C(=O)c2ccccc2NC12C(=O)Nc1ccc(Br)cc12. The van der Waals surface area contributed by atoms with Gasteiger partial charge < -0.3 is 31.1 Å². The number of hydrogen-bond donors (Lipinski definition) is 4. The molecule has 44 heavy (non-hydrogen) atoms. The summed E-state index contributed by atoms with van der Waals surface area (Å²) in [7, 11) is 0. The van der Waals surface area contributed by atoms with Crippen LogP contribution in [0, 0.1) is 0 Å². The number of benzene rings is 4. The number of hydrogen-bond acceptors (Lipinski definition) is 6. The van der Waals surface area contributed by atoms with Crippen LogP contribution in [0.25, 0.3) is 0 Å². The number of carbonyl (C=O) groups excluding carboxylic acids is 4. The van der Waals surface area contributed by atoms with E-state index in [9.17, 15) is 19.2 Å². The maximum absolute atomic E-state index is 14.3. The van der Waals surface area contributed by atoms with Gasteiger partial charge in [-0.25, -0.2) is 0 Å². The Morgan fingerprint density at radius 1 is 0.545 bits per heavy atom. The quantitative estimate of drug-likeness (QED) is 0.230. The second-order valence-electron chi connectivity index (χ2n) is 11.0. The molecule has 4 aromatic rings. The number of rotatable bonds is 3. The lowest BCUT2D eigenvalue weighted by Gasteiger charge is -2.48. The minimum absolute atomic E-state index is 0.0759. The number of nitrogens with zero attached hydrogens (tertiary/aromatic N) is 2. The predicted octanol–water partition coefficient (Wildman–Crippen LogP) is 5.26. The molecular weight excluding hydrogens is 692 g/mol. The summed E-state index contributed by atoms with van der Waals surface area (Å²) < 4.78 is 1.46. The van der Waals surface area contributed by atoms with E-state index in [0.29, 0.717) is 45.0 Å². The molecule has 4 aromatic carbocycles. The molecule has 0 saturated heterocycles. The van der Waals surface area contributed by atoms with Gasteiger partial charge in [0.15, 0.2) is 0 Å². The summed E-state index contributed by atoms with van der Waals surface area (Å²) in [5.41, 5.74) is 0.901. The predicted molar refractivity (Wildman–Crippen MR) is 171 cm³/mol. The maximum Gasteiger partial charge on any atom is 0.276 e. The van der Waals surface area contributed by atoms with Crippen LogP contribution in [0.1, 0.15) is 31.8 Å². The Labute approximate surface area is 268 Å². The van der Waals surface area contributed by atoms with Gasteiger partial charge in [0.2, 0.25) is 11.3 Å². The molecule has 2 spiro atoms. The first-order valence-corrected chi connectivity index (χ1v) is 15.4. The fourth-order valence-electron chi connectivity index (χ4n) is 6.72. The highest BCUT2D eigenvalue weighted by atomic mass is 79.9. The number of amides is 4. The Morgan fingerprint density at radius 3 is 1.39 bits per heavy atom. The maximum atomic E-state index is 14.3. The van der Waals surface area contributed by atoms with E-state index in [1.807, 2.05) is 12.1 Å². The first-order valence-electron chi connectivity index (χ1n) is 13.9. The zero-order chi connectivity index (χ0) is 30.4. The molecule has 8 rings (SSSR count). The number of nitrogens with one attached hydrogen (secondary N) is 4. The third-order valence-electron chi connectivity index (χ3n) is 8.69. The Hall–Kier alpha value is -4.68. The minimum Gasteiger partial charge on any atom is -0.350 e. The van der Waals surface area contributed by atoms with Gasteiger partial charge in [0, 0.05) is 55.9 Å². The van der Waals surface area contributed by atoms with E-state index >= 15 is 0 Å². The van der Waals surface area contributed by atoms with Crippen molar-refractivity contribution in [2.75, 3.05) is 34.4 Å². The number of halogens is 2. The van der Waals surface area contributed by atoms with E-state index in [1.165, 1.54) is 9.80 Å². The summed E-state index contributed by atoms with van der Waals surface area (Å²) >= 11 is 7.03. The van der Waals surface area contributed by atoms with E-state index < -0.39 is 23.1 Å². The van der Waals surface area contributed by atoms with Crippen LogP contribution < -0.4 is 21.3 Å². The second-order valence-corrected chi connectivity index (χ2v) is 12.8. The van der Waals surface area contributed by atoms with E-state index in [4.69, 9.17) is 0 Å². The molecule has 4 aliphatic rings. The second kappa shape index (κ2) is 9.41. The van der Waals surface area contributed by atoms with Crippen molar-refractivity contribution in [1.82, 2.24) is 9.80 Å². The van der Waals surface area contributed by atoms with Crippen LogP contribution in [-0.2, 0) is 20.9 Å². The van der Waals surface area contributed by atoms with Crippen LogP contribution in [0.2, 0.25) is 0 Å². The molecule has 0 bridgehead atoms. The lowest BCUT2D eigenvalue weighted by Crippen LogP contribution is -2.65. The average molecular weight is 714 g/mol. The van der Waals surface area contributed by atoms with Crippen LogP contribution in [0.4, 0.5) is 22.7 Å². The zero-order valence-corrected chi connectivity index (χ0v) is 26.0. The third-order valence-corrected chi connectivity index (χ3v) is 9.68. The first-order chi connectivity index (χ1) is 21.2. The Bertz CT molecular complexity index is 1840. The van der Waals surface area contributed by atoms with E-state index in [2.05, 4.69) is 53.1 Å². The lowest BCUT2D eigenvalue weighted by molar-refractivity contribution is -0.127. The van der Waals surface area contributed by atoms with Crippen molar-refractivity contribution in [3.05, 3.63) is 116 Å². The largest absolute Gasteiger partial charge is 0.350 e. The average Bonchev–Trinajstić information content (AvgIpc) is 3.44. The van der Waals surface area contributed by atoms with Crippen LogP contribution in [0.5, 0.6) is 0 Å². The van der Waals surface area contributed by atoms with Crippen molar-refractivity contribution in [3.8, 4) is 0 Å². The third kappa shape index (κ3) is 3.52. The molecule has 10 nitrogen and oxygen atoms in total. The summed E-state index contributed by atoms with van der Waals surface area (Å²) in [6.07, 6.45) is 0. The molecule has 0 aromatic heterocycles. The summed E-state index contributed by atoms with van der Waals surface area (Å²) in [6, 6.07) is 24.8. The molecule has 2 unspecified atom stereocenters. The van der Waals surface area contributed by atoms with Crippen LogP contribution in [0.15, 0.2) is 93.9 Å². The van der Waals surface area contributed by atoms with Crippen molar-refractivity contribution in [1.29, 1.82) is 0 Å². The molecule has 2 atom stereocenters. The van der Waals surface area contributed by atoms with Gasteiger partial charge in [-0.3, -0.25) is 19.2 Å². The van der Waals surface area contributed by atoms with Crippen LogP contribution in [0.3, 0.4) is 0 Å². The van der Waals surface area contributed by atoms with Gasteiger partial charge in [-0.05, 0) is 60.7 Å². The van der Waals surface area contributed by atoms with Crippen molar-refractivity contribution in [2.24, 2.45) is 0 Å². The summed E-state index contributed by atoms with van der Waals surface area (Å²) in [5, 5.41) is 12.6. The van der Waals surface area contributed by atoms with Gasteiger partial charge in [0.1, 0.15) is 0 Å². The van der Waals surface area contributed by atoms with Crippen LogP contribution in [-0.4, -0.2) is 46.5 Å². The summed E-state index contributed by atoms with van der Waals surface area (Å²) in [4.78, 5) is 59.3. The zero-order valence-electron chi connectivity index (χ0n) is 22.8. The van der Waals surface area contributed by atoms with Gasteiger partial charge in [-0.15, -0.1) is 0 Å². The van der Waals surface area contributed by atoms with Gasteiger partial charge in [0.05, 0.1) is 11.1 Å². The van der Waals surface area contributed by atoms with Gasteiger partial charge in [0.25, 0.3) is 23.6 Å². The van der Waals surface area contributed by atoms with Gasteiger partial charge >= 0.3 is 0 Å². The summed E-state index contributed by atoms with van der Waals surface area (Å²) in [5.74, 6) is -1.62. The molecule has 4 N–H and O–H groups in total. The monoisotopic (exact) mass is 712 g/mol. The van der Waals surface area contributed by atoms with Crippen molar-refractivity contribution < 1.29 is 19.2 Å². The molecular formula is C32H22Br2N6O4. The molecule has 4 aliphatic heterocycles. The topological polar surface area (TPSA) is 123 Å². The number of para-hydroxylation sites is 2. The molecule has 0 radical (unpaired) electrons. The number of anilines is 4. The normalized spacial score (nSPS) is 22.6. The smallest absolute Gasteiger partial charge is 0.276 e. The Kier molecular flexibility index (Phi) is 5.75. The van der Waals surface area contributed by atoms with E-state index in [-0.39, 0.29) is 24.9 Å². The molecule has 4 heterocycles. The van der Waals surface area contributed by atoms with Gasteiger partial charge in [-0.2, -0.15) is 0 Å². The molecule has 0 saturated carbocycles. The summed E-state index contributed by atoms with van der Waals surface area (Å²) in [6.45, 7) is -0.152. The van der Waals surface area contributed by atoms with Crippen molar-refractivity contribution >= 4 is 78.2 Å². The van der Waals surface area contributed by atoms with E-state index in [0.717, 1.165) is 8.95 Å². The molecule has 0 fully saturated rings. The van der Waals surface area contributed by atoms with E-state index in [1.54, 1.807) is 72.8 Å². The van der Waals surface area contributed by atoms with Gasteiger partial charge in [-0.1, -0.05) is 56.1 Å². The van der Waals surface area contributed by atoms with Crippen molar-refractivity contribution in [2.45, 2.75) is 11.3 Å². The minimum atomic E-state index is -1.60. The number of carbonyl (C=O) groups is 4. The Morgan fingerprint density at radius 2 is 0.955 bits per heavy atom. The molecule has 12 heteroatoms. The van der Waals surface area contributed by atoms with Crippen molar-refractivity contribution in [3.63, 3.8) is 0 Å². The standard InChI is InChI=1S/C32H22Br2N6O4/c33-17-9-11-25-21(15-17)31(29(43)35-25)37-23-7-3-1-5-19(23)27(41)39(31)13-14-40-28(42)20-6-2-4-8-24(20)38-32(40)22-16-18(34)10-12-26(22)36-30(32)44/h1-12,15-16,37-38H,13-14H2,(H,35,43)(H,36,44). The highest BCUT2D eigenvalue weighted by Gasteiger charge is 2.59. The highest BCUT2D eigenvalue weighted by Crippen LogP contribution is 2.48. The first kappa shape index (κ1) is 26.9. The molecule has 4 amide bonds. The molecule has 218 valence electrons. The fourth-order valence-corrected chi connectivity index (χ4v) is 7.44. The molecule has 0 aliphatic carbocycles. The fraction of sp³-hybridized carbons (Fsp3) is 0.125.